The highest BCUT2D eigenvalue weighted by atomic mass is 16.5. The van der Waals surface area contributed by atoms with Crippen LogP contribution in [0.15, 0.2) is 29.2 Å². The Morgan fingerprint density at radius 2 is 2.04 bits per heavy atom. The van der Waals surface area contributed by atoms with E-state index < -0.39 is 11.4 Å². The van der Waals surface area contributed by atoms with E-state index in [9.17, 15) is 9.59 Å². The Bertz CT molecular complexity index is 1180. The molecule has 3 aromatic rings. The molecule has 0 aliphatic rings. The quantitative estimate of drug-likeness (QED) is 0.668. The molecule has 0 spiro atoms. The maximum Gasteiger partial charge on any atom is 0.267 e. The number of nitrogens with one attached hydrogen (secondary N) is 2. The number of amides is 1. The van der Waals surface area contributed by atoms with Gasteiger partial charge in [0.1, 0.15) is 16.8 Å². The maximum atomic E-state index is 13.1. The summed E-state index contributed by atoms with van der Waals surface area (Å²) in [5.74, 6) is -0.403. The van der Waals surface area contributed by atoms with Crippen molar-refractivity contribution in [2.45, 2.75) is 39.8 Å². The van der Waals surface area contributed by atoms with Gasteiger partial charge in [0.15, 0.2) is 0 Å². The predicted octanol–water partition coefficient (Wildman–Crippen LogP) is 1.61. The lowest BCUT2D eigenvalue weighted by molar-refractivity contribution is 0.0916. The van der Waals surface area contributed by atoms with Crippen molar-refractivity contribution in [3.8, 4) is 0 Å². The Morgan fingerprint density at radius 1 is 1.32 bits per heavy atom. The minimum Gasteiger partial charge on any atom is -0.383 e. The highest BCUT2D eigenvalue weighted by molar-refractivity contribution is 5.97. The van der Waals surface area contributed by atoms with Crippen molar-refractivity contribution in [3.63, 3.8) is 0 Å². The van der Waals surface area contributed by atoms with E-state index in [-0.39, 0.29) is 22.0 Å². The van der Waals surface area contributed by atoms with Crippen molar-refractivity contribution in [2.24, 2.45) is 0 Å². The fourth-order valence-electron chi connectivity index (χ4n) is 3.08. The van der Waals surface area contributed by atoms with Gasteiger partial charge in [0, 0.05) is 25.4 Å². The fourth-order valence-corrected chi connectivity index (χ4v) is 3.08. The molecule has 0 saturated carbocycles. The van der Waals surface area contributed by atoms with Gasteiger partial charge >= 0.3 is 0 Å². The first-order chi connectivity index (χ1) is 13.1. The van der Waals surface area contributed by atoms with E-state index >= 15 is 0 Å². The monoisotopic (exact) mass is 383 g/mol. The third-order valence-electron chi connectivity index (χ3n) is 4.39. The van der Waals surface area contributed by atoms with Crippen molar-refractivity contribution in [1.29, 1.82) is 5.41 Å². The van der Waals surface area contributed by atoms with Crippen LogP contribution in [0.1, 0.15) is 36.7 Å². The molecule has 148 valence electrons. The smallest absolute Gasteiger partial charge is 0.267 e. The Morgan fingerprint density at radius 3 is 2.68 bits per heavy atom. The number of pyridine rings is 2. The first-order valence-corrected chi connectivity index (χ1v) is 9.05. The molecule has 2 N–H and O–H groups in total. The zero-order valence-corrected chi connectivity index (χ0v) is 16.8. The highest BCUT2D eigenvalue weighted by Crippen LogP contribution is 2.13. The van der Waals surface area contributed by atoms with E-state index in [4.69, 9.17) is 10.1 Å². The van der Waals surface area contributed by atoms with Gasteiger partial charge < -0.3 is 14.6 Å². The van der Waals surface area contributed by atoms with Gasteiger partial charge in [0.2, 0.25) is 0 Å². The fraction of sp³-hybridized carbons (Fsp3) is 0.400. The molecular weight excluding hydrogens is 358 g/mol. The Hall–Kier alpha value is -3.00. The summed E-state index contributed by atoms with van der Waals surface area (Å²) in [5, 5.41) is 11.7. The normalized spacial score (nSPS) is 11.9. The number of ether oxygens (including phenoxy) is 1. The number of nitrogens with zero attached hydrogens (tertiary/aromatic N) is 3. The minimum atomic E-state index is -0.469. The summed E-state index contributed by atoms with van der Waals surface area (Å²) in [6.45, 7) is 8.09. The molecule has 0 bridgehead atoms. The molecule has 0 aliphatic carbocycles. The summed E-state index contributed by atoms with van der Waals surface area (Å²) in [6.07, 6.45) is 1.65. The Labute approximate surface area is 162 Å². The second-order valence-corrected chi connectivity index (χ2v) is 7.79. The highest BCUT2D eigenvalue weighted by Gasteiger charge is 2.21. The van der Waals surface area contributed by atoms with Crippen LogP contribution < -0.4 is 16.4 Å². The molecule has 3 rings (SSSR count). The SMILES string of the molecule is COCCn1c(=N)c(C(=O)NC(C)(C)C)cc2c(=O)n3cccc(C)c3nc21. The largest absolute Gasteiger partial charge is 0.383 e. The van der Waals surface area contributed by atoms with E-state index in [0.717, 1.165) is 5.56 Å². The molecule has 0 unspecified atom stereocenters. The van der Waals surface area contributed by atoms with Crippen LogP contribution in [0.4, 0.5) is 0 Å². The average molecular weight is 383 g/mol. The number of fused-ring (bicyclic) bond motifs is 2. The molecule has 0 aromatic carbocycles. The minimum absolute atomic E-state index is 0.00358. The van der Waals surface area contributed by atoms with Crippen LogP contribution in [-0.4, -0.2) is 39.1 Å². The number of carbonyl (C=O) groups is 1. The molecule has 1 amide bonds. The number of hydrogen-bond acceptors (Lipinski definition) is 5. The molecule has 0 saturated heterocycles. The summed E-state index contributed by atoms with van der Waals surface area (Å²) in [4.78, 5) is 30.5. The van der Waals surface area contributed by atoms with E-state index in [0.29, 0.717) is 24.4 Å². The third kappa shape index (κ3) is 3.55. The van der Waals surface area contributed by atoms with Crippen LogP contribution >= 0.6 is 0 Å². The molecule has 3 heterocycles. The zero-order valence-electron chi connectivity index (χ0n) is 16.8. The van der Waals surface area contributed by atoms with E-state index in [1.54, 1.807) is 23.9 Å². The molecule has 0 fully saturated rings. The van der Waals surface area contributed by atoms with Crippen molar-refractivity contribution < 1.29 is 9.53 Å². The van der Waals surface area contributed by atoms with Crippen LogP contribution in [-0.2, 0) is 11.3 Å². The molecule has 8 heteroatoms. The topological polar surface area (TPSA) is 101 Å². The summed E-state index contributed by atoms with van der Waals surface area (Å²) in [5.41, 5.74) is 1.12. The van der Waals surface area contributed by atoms with Crippen molar-refractivity contribution in [2.75, 3.05) is 13.7 Å². The van der Waals surface area contributed by atoms with Crippen LogP contribution in [0.2, 0.25) is 0 Å². The molecular formula is C20H25N5O3. The first kappa shape index (κ1) is 19.8. The average Bonchev–Trinajstić information content (AvgIpc) is 2.60. The lowest BCUT2D eigenvalue weighted by Crippen LogP contribution is -2.44. The lowest BCUT2D eigenvalue weighted by Gasteiger charge is -2.21. The van der Waals surface area contributed by atoms with Crippen molar-refractivity contribution in [3.05, 3.63) is 51.4 Å². The number of methoxy groups -OCH3 is 1. The molecule has 8 nitrogen and oxygen atoms in total. The van der Waals surface area contributed by atoms with Crippen LogP contribution in [0.5, 0.6) is 0 Å². The van der Waals surface area contributed by atoms with Gasteiger partial charge in [0.25, 0.3) is 11.5 Å². The van der Waals surface area contributed by atoms with Crippen LogP contribution in [0.25, 0.3) is 16.7 Å². The lowest BCUT2D eigenvalue weighted by atomic mass is 10.1. The summed E-state index contributed by atoms with van der Waals surface area (Å²) in [7, 11) is 1.56. The van der Waals surface area contributed by atoms with Crippen molar-refractivity contribution in [1.82, 2.24) is 19.3 Å². The van der Waals surface area contributed by atoms with Crippen LogP contribution in [0.3, 0.4) is 0 Å². The van der Waals surface area contributed by atoms with Crippen LogP contribution in [0, 0.1) is 12.3 Å². The Balaban J connectivity index is 2.39. The van der Waals surface area contributed by atoms with Gasteiger partial charge in [0.05, 0.1) is 17.6 Å². The van der Waals surface area contributed by atoms with Gasteiger partial charge in [-0.25, -0.2) is 4.98 Å². The predicted molar refractivity (Wildman–Crippen MR) is 107 cm³/mol. The summed E-state index contributed by atoms with van der Waals surface area (Å²) < 4.78 is 8.18. The van der Waals surface area contributed by atoms with Crippen molar-refractivity contribution >= 4 is 22.6 Å². The van der Waals surface area contributed by atoms with Gasteiger partial charge in [-0.05, 0) is 45.4 Å². The molecule has 28 heavy (non-hydrogen) atoms. The number of hydrogen-bond donors (Lipinski definition) is 2. The van der Waals surface area contributed by atoms with Gasteiger partial charge in [-0.1, -0.05) is 6.07 Å². The number of carbonyl (C=O) groups excluding carboxylic acids is 1. The van der Waals surface area contributed by atoms with Gasteiger partial charge in [-0.2, -0.15) is 0 Å². The molecule has 3 aromatic heterocycles. The summed E-state index contributed by atoms with van der Waals surface area (Å²) in [6, 6.07) is 5.12. The summed E-state index contributed by atoms with van der Waals surface area (Å²) >= 11 is 0. The first-order valence-electron chi connectivity index (χ1n) is 9.05. The second kappa shape index (κ2) is 7.20. The maximum absolute atomic E-state index is 13.1. The van der Waals surface area contributed by atoms with E-state index in [2.05, 4.69) is 10.3 Å². The molecule has 0 aliphatic heterocycles. The van der Waals surface area contributed by atoms with E-state index in [1.165, 1.54) is 10.5 Å². The number of aryl methyl sites for hydroxylation is 1. The van der Waals surface area contributed by atoms with E-state index in [1.807, 2.05) is 33.8 Å². The van der Waals surface area contributed by atoms with Gasteiger partial charge in [-0.15, -0.1) is 0 Å². The molecule has 0 radical (unpaired) electrons. The van der Waals surface area contributed by atoms with Gasteiger partial charge in [-0.3, -0.25) is 19.4 Å². The second-order valence-electron chi connectivity index (χ2n) is 7.79. The third-order valence-corrected chi connectivity index (χ3v) is 4.39. The zero-order chi connectivity index (χ0) is 20.6. The standard InChI is InChI=1S/C20H25N5O3/c1-12-7-6-8-25-16(12)22-17-14(19(25)27)11-13(18(26)23-20(2,3)4)15(21)24(17)9-10-28-5/h6-8,11,21H,9-10H2,1-5H3,(H,23,26). The molecule has 0 atom stereocenters. The number of rotatable bonds is 4. The Kier molecular flexibility index (Phi) is 5.08. The number of aromatic nitrogens is 3.